The number of hydrogen-bond acceptors (Lipinski definition) is 4. The number of hydrogen-bond donors (Lipinski definition) is 1. The third-order valence-corrected chi connectivity index (χ3v) is 4.04. The van der Waals surface area contributed by atoms with Crippen molar-refractivity contribution in [3.8, 4) is 11.5 Å². The van der Waals surface area contributed by atoms with Gasteiger partial charge in [0, 0.05) is 5.56 Å². The van der Waals surface area contributed by atoms with Crippen molar-refractivity contribution < 1.29 is 18.7 Å². The van der Waals surface area contributed by atoms with Gasteiger partial charge in [-0.1, -0.05) is 0 Å². The van der Waals surface area contributed by atoms with E-state index in [-0.39, 0.29) is 5.91 Å². The Hall–Kier alpha value is -2.95. The van der Waals surface area contributed by atoms with Gasteiger partial charge in [-0.3, -0.25) is 4.79 Å². The van der Waals surface area contributed by atoms with Crippen LogP contribution in [0.25, 0.3) is 11.0 Å². The van der Waals surface area contributed by atoms with Gasteiger partial charge in [-0.05, 0) is 48.9 Å². The van der Waals surface area contributed by atoms with Crippen LogP contribution in [0.5, 0.6) is 11.5 Å². The Bertz CT molecular complexity index is 895. The van der Waals surface area contributed by atoms with Gasteiger partial charge in [-0.15, -0.1) is 0 Å². The highest BCUT2D eigenvalue weighted by Gasteiger charge is 2.29. The van der Waals surface area contributed by atoms with Gasteiger partial charge in [0.2, 0.25) is 0 Å². The van der Waals surface area contributed by atoms with Gasteiger partial charge < -0.3 is 19.2 Å². The standard InChI is InChI=1S/C18H15NO4/c1-10-9-22-14-8-7-13-16(15(10)14)23-18(19-17(13)20)11-3-5-12(21-2)6-4-11/h3-9,18H,1-2H3,(H,19,20). The number of furan rings is 1. The molecular formula is C18H15NO4. The van der Waals surface area contributed by atoms with E-state index in [9.17, 15) is 4.79 Å². The van der Waals surface area contributed by atoms with Gasteiger partial charge in [0.1, 0.15) is 17.1 Å². The molecule has 1 aromatic heterocycles. The molecule has 23 heavy (non-hydrogen) atoms. The first kappa shape index (κ1) is 13.7. The lowest BCUT2D eigenvalue weighted by molar-refractivity contribution is 0.0761. The zero-order chi connectivity index (χ0) is 16.0. The zero-order valence-corrected chi connectivity index (χ0v) is 12.8. The number of benzene rings is 2. The molecule has 1 aliphatic rings. The van der Waals surface area contributed by atoms with Crippen LogP contribution in [0, 0.1) is 6.92 Å². The largest absolute Gasteiger partial charge is 0.497 e. The van der Waals surface area contributed by atoms with Crippen LogP contribution in [0.3, 0.4) is 0 Å². The van der Waals surface area contributed by atoms with Crippen molar-refractivity contribution in [1.82, 2.24) is 5.32 Å². The molecule has 0 saturated carbocycles. The molecule has 1 amide bonds. The lowest BCUT2D eigenvalue weighted by Gasteiger charge is -2.27. The van der Waals surface area contributed by atoms with E-state index >= 15 is 0 Å². The molecule has 0 bridgehead atoms. The Labute approximate surface area is 132 Å². The van der Waals surface area contributed by atoms with Crippen molar-refractivity contribution in [1.29, 1.82) is 0 Å². The highest BCUT2D eigenvalue weighted by atomic mass is 16.5. The SMILES string of the molecule is COc1ccc(C2NC(=O)c3ccc4occ(C)c4c3O2)cc1. The molecule has 1 N–H and O–H groups in total. The fraction of sp³-hybridized carbons (Fsp3) is 0.167. The first-order valence-electron chi connectivity index (χ1n) is 7.29. The molecule has 1 aliphatic heterocycles. The van der Waals surface area contributed by atoms with Crippen LogP contribution in [-0.2, 0) is 0 Å². The van der Waals surface area contributed by atoms with E-state index in [2.05, 4.69) is 5.32 Å². The van der Waals surface area contributed by atoms with Crippen LogP contribution in [-0.4, -0.2) is 13.0 Å². The topological polar surface area (TPSA) is 60.7 Å². The number of carbonyl (C=O) groups excluding carboxylic acids is 1. The van der Waals surface area contributed by atoms with Crippen LogP contribution in [0.15, 0.2) is 47.1 Å². The maximum absolute atomic E-state index is 12.4. The van der Waals surface area contributed by atoms with Crippen molar-refractivity contribution in [2.45, 2.75) is 13.2 Å². The van der Waals surface area contributed by atoms with Crippen molar-refractivity contribution in [3.63, 3.8) is 0 Å². The first-order valence-corrected chi connectivity index (χ1v) is 7.29. The van der Waals surface area contributed by atoms with Crippen LogP contribution in [0.4, 0.5) is 0 Å². The Morgan fingerprint density at radius 3 is 2.65 bits per heavy atom. The van der Waals surface area contributed by atoms with Gasteiger partial charge in [-0.25, -0.2) is 0 Å². The number of ether oxygens (including phenoxy) is 2. The van der Waals surface area contributed by atoms with E-state index in [0.717, 1.165) is 22.3 Å². The molecule has 5 heteroatoms. The van der Waals surface area contributed by atoms with Crippen molar-refractivity contribution in [2.24, 2.45) is 0 Å². The summed E-state index contributed by atoms with van der Waals surface area (Å²) < 4.78 is 16.7. The Kier molecular flexibility index (Phi) is 3.01. The normalized spacial score (nSPS) is 16.6. The summed E-state index contributed by atoms with van der Waals surface area (Å²) in [6.07, 6.45) is 1.13. The van der Waals surface area contributed by atoms with Crippen LogP contribution in [0.1, 0.15) is 27.7 Å². The summed E-state index contributed by atoms with van der Waals surface area (Å²) in [4.78, 5) is 12.4. The second-order valence-electron chi connectivity index (χ2n) is 5.48. The number of carbonyl (C=O) groups is 1. The lowest BCUT2D eigenvalue weighted by atomic mass is 10.0. The van der Waals surface area contributed by atoms with Gasteiger partial charge in [0.15, 0.2) is 6.23 Å². The molecule has 5 nitrogen and oxygen atoms in total. The van der Waals surface area contributed by atoms with Crippen LogP contribution >= 0.6 is 0 Å². The van der Waals surface area contributed by atoms with Gasteiger partial charge in [0.05, 0.1) is 24.3 Å². The monoisotopic (exact) mass is 309 g/mol. The average molecular weight is 309 g/mol. The first-order chi connectivity index (χ1) is 11.2. The van der Waals surface area contributed by atoms with E-state index in [0.29, 0.717) is 16.9 Å². The van der Waals surface area contributed by atoms with E-state index in [4.69, 9.17) is 13.9 Å². The van der Waals surface area contributed by atoms with Crippen molar-refractivity contribution in [3.05, 3.63) is 59.4 Å². The number of amides is 1. The minimum absolute atomic E-state index is 0.158. The average Bonchev–Trinajstić information content (AvgIpc) is 2.96. The maximum Gasteiger partial charge on any atom is 0.258 e. The molecular weight excluding hydrogens is 294 g/mol. The van der Waals surface area contributed by atoms with E-state index in [1.807, 2.05) is 31.2 Å². The number of methoxy groups -OCH3 is 1. The highest BCUT2D eigenvalue weighted by molar-refractivity contribution is 6.04. The smallest absolute Gasteiger partial charge is 0.258 e. The summed E-state index contributed by atoms with van der Waals surface area (Å²) in [6.45, 7) is 1.93. The lowest BCUT2D eigenvalue weighted by Crippen LogP contribution is -2.36. The highest BCUT2D eigenvalue weighted by Crippen LogP contribution is 2.38. The Morgan fingerprint density at radius 1 is 1.13 bits per heavy atom. The van der Waals surface area contributed by atoms with E-state index in [1.54, 1.807) is 25.5 Å². The molecule has 3 aromatic rings. The summed E-state index contributed by atoms with van der Waals surface area (Å²) in [5, 5.41) is 3.71. The summed E-state index contributed by atoms with van der Waals surface area (Å²) in [7, 11) is 1.61. The molecule has 0 fully saturated rings. The molecule has 2 aromatic carbocycles. The van der Waals surface area contributed by atoms with Crippen LogP contribution < -0.4 is 14.8 Å². The number of rotatable bonds is 2. The minimum Gasteiger partial charge on any atom is -0.497 e. The van der Waals surface area contributed by atoms with Crippen molar-refractivity contribution in [2.75, 3.05) is 7.11 Å². The summed E-state index contributed by atoms with van der Waals surface area (Å²) in [6, 6.07) is 10.9. The number of nitrogens with one attached hydrogen (secondary N) is 1. The van der Waals surface area contributed by atoms with Gasteiger partial charge in [0.25, 0.3) is 5.91 Å². The predicted octanol–water partition coefficient (Wildman–Crippen LogP) is 3.57. The minimum atomic E-state index is -0.541. The molecule has 0 aliphatic carbocycles. The quantitative estimate of drug-likeness (QED) is 0.786. The summed E-state index contributed by atoms with van der Waals surface area (Å²) >= 11 is 0. The molecule has 116 valence electrons. The number of fused-ring (bicyclic) bond motifs is 3. The number of aryl methyl sites for hydroxylation is 1. The molecule has 2 heterocycles. The Balaban J connectivity index is 1.79. The fourth-order valence-corrected chi connectivity index (χ4v) is 2.82. The third-order valence-electron chi connectivity index (χ3n) is 4.04. The summed E-state index contributed by atoms with van der Waals surface area (Å²) in [5.74, 6) is 1.16. The molecule has 0 spiro atoms. The second kappa shape index (κ2) is 5.05. The van der Waals surface area contributed by atoms with Gasteiger partial charge >= 0.3 is 0 Å². The van der Waals surface area contributed by atoms with E-state index in [1.165, 1.54) is 0 Å². The predicted molar refractivity (Wildman–Crippen MR) is 84.8 cm³/mol. The molecule has 1 unspecified atom stereocenters. The zero-order valence-electron chi connectivity index (χ0n) is 12.8. The molecule has 1 atom stereocenters. The summed E-state index contributed by atoms with van der Waals surface area (Å²) in [5.41, 5.74) is 3.03. The van der Waals surface area contributed by atoms with Crippen LogP contribution in [0.2, 0.25) is 0 Å². The van der Waals surface area contributed by atoms with E-state index < -0.39 is 6.23 Å². The third kappa shape index (κ3) is 2.12. The molecule has 0 radical (unpaired) electrons. The Morgan fingerprint density at radius 2 is 1.91 bits per heavy atom. The maximum atomic E-state index is 12.4. The fourth-order valence-electron chi connectivity index (χ4n) is 2.82. The van der Waals surface area contributed by atoms with Gasteiger partial charge in [-0.2, -0.15) is 0 Å². The second-order valence-corrected chi connectivity index (χ2v) is 5.48. The molecule has 4 rings (SSSR count). The van der Waals surface area contributed by atoms with Crippen molar-refractivity contribution >= 4 is 16.9 Å². The molecule has 0 saturated heterocycles.